The van der Waals surface area contributed by atoms with Crippen molar-refractivity contribution in [2.24, 2.45) is 5.92 Å². The Morgan fingerprint density at radius 1 is 1.39 bits per heavy atom. The van der Waals surface area contributed by atoms with Gasteiger partial charge in [-0.15, -0.1) is 11.3 Å². The lowest BCUT2D eigenvalue weighted by Gasteiger charge is -2.31. The normalized spacial score (nSPS) is 23.8. The Hall–Kier alpha value is -1.24. The third-order valence-corrected chi connectivity index (χ3v) is 6.32. The number of nitrogens with zero attached hydrogens (tertiary/aromatic N) is 2. The fraction of sp³-hybridized carbons (Fsp3) is 0.647. The van der Waals surface area contributed by atoms with Gasteiger partial charge >= 0.3 is 0 Å². The average Bonchev–Trinajstić information content (AvgIpc) is 2.92. The van der Waals surface area contributed by atoms with E-state index in [0.29, 0.717) is 5.92 Å². The van der Waals surface area contributed by atoms with E-state index in [1.807, 2.05) is 0 Å². The number of rotatable bonds is 2. The molecule has 1 aliphatic carbocycles. The lowest BCUT2D eigenvalue weighted by atomic mass is 9.89. The predicted molar refractivity (Wildman–Crippen MR) is 92.2 cm³/mol. The van der Waals surface area contributed by atoms with E-state index in [9.17, 15) is 4.79 Å². The van der Waals surface area contributed by atoms with Crippen LogP contribution in [0.4, 0.5) is 0 Å². The van der Waals surface area contributed by atoms with Gasteiger partial charge in [-0.05, 0) is 37.7 Å². The van der Waals surface area contributed by atoms with Crippen molar-refractivity contribution in [3.05, 3.63) is 26.6 Å². The molecule has 2 atom stereocenters. The number of H-pyrrole nitrogens is 1. The van der Waals surface area contributed by atoms with Crippen LogP contribution in [0.25, 0.3) is 10.2 Å². The molecule has 0 unspecified atom stereocenters. The van der Waals surface area contributed by atoms with Crippen LogP contribution in [0.3, 0.4) is 0 Å². The van der Waals surface area contributed by atoms with Crippen LogP contribution in [0, 0.1) is 5.92 Å². The van der Waals surface area contributed by atoms with Gasteiger partial charge < -0.3 is 9.72 Å². The van der Waals surface area contributed by atoms with Crippen LogP contribution in [0.1, 0.15) is 42.6 Å². The van der Waals surface area contributed by atoms with Crippen molar-refractivity contribution in [1.29, 1.82) is 0 Å². The molecule has 1 fully saturated rings. The molecule has 1 N–H and O–H groups in total. The van der Waals surface area contributed by atoms with Gasteiger partial charge in [-0.25, -0.2) is 4.98 Å². The highest BCUT2D eigenvalue weighted by Gasteiger charge is 2.25. The molecule has 1 aliphatic heterocycles. The summed E-state index contributed by atoms with van der Waals surface area (Å²) in [5, 5.41) is 0.842. The Labute approximate surface area is 139 Å². The van der Waals surface area contributed by atoms with E-state index >= 15 is 0 Å². The molecule has 6 heteroatoms. The summed E-state index contributed by atoms with van der Waals surface area (Å²) in [6.45, 7) is 7.69. The number of hydrogen-bond acceptors (Lipinski definition) is 5. The Morgan fingerprint density at radius 3 is 2.96 bits per heavy atom. The predicted octanol–water partition coefficient (Wildman–Crippen LogP) is 2.50. The molecule has 0 amide bonds. The minimum Gasteiger partial charge on any atom is -0.379 e. The van der Waals surface area contributed by atoms with Crippen molar-refractivity contribution in [2.75, 3.05) is 26.3 Å². The minimum absolute atomic E-state index is 0.0390. The van der Waals surface area contributed by atoms with Crippen molar-refractivity contribution < 1.29 is 4.74 Å². The van der Waals surface area contributed by atoms with Crippen molar-refractivity contribution in [3.8, 4) is 0 Å². The smallest absolute Gasteiger partial charge is 0.259 e. The zero-order chi connectivity index (χ0) is 16.0. The van der Waals surface area contributed by atoms with Gasteiger partial charge in [-0.2, -0.15) is 0 Å². The molecule has 0 aromatic carbocycles. The molecule has 2 aromatic heterocycles. The van der Waals surface area contributed by atoms with Gasteiger partial charge in [0.05, 0.1) is 24.6 Å². The summed E-state index contributed by atoms with van der Waals surface area (Å²) in [5.74, 6) is 1.50. The van der Waals surface area contributed by atoms with Crippen LogP contribution >= 0.6 is 11.3 Å². The molecule has 5 nitrogen and oxygen atoms in total. The number of thiophene rings is 1. The van der Waals surface area contributed by atoms with Gasteiger partial charge in [0.1, 0.15) is 10.7 Å². The number of fused-ring (bicyclic) bond motifs is 3. The quantitative estimate of drug-likeness (QED) is 0.917. The highest BCUT2D eigenvalue weighted by atomic mass is 32.1. The molecular formula is C17H23N3O2S. The van der Waals surface area contributed by atoms with E-state index in [2.05, 4.69) is 23.7 Å². The molecular weight excluding hydrogens is 310 g/mol. The summed E-state index contributed by atoms with van der Waals surface area (Å²) in [6.07, 6.45) is 3.27. The summed E-state index contributed by atoms with van der Waals surface area (Å²) in [6, 6.07) is 0.119. The number of morpholine rings is 1. The molecule has 3 heterocycles. The van der Waals surface area contributed by atoms with Crippen LogP contribution in [0.2, 0.25) is 0 Å². The Balaban J connectivity index is 1.74. The lowest BCUT2D eigenvalue weighted by molar-refractivity contribution is 0.0182. The van der Waals surface area contributed by atoms with Gasteiger partial charge in [0, 0.05) is 18.0 Å². The fourth-order valence-electron chi connectivity index (χ4n) is 3.70. The highest BCUT2D eigenvalue weighted by Crippen LogP contribution is 2.36. The number of aromatic amines is 1. The van der Waals surface area contributed by atoms with Gasteiger partial charge in [-0.3, -0.25) is 9.69 Å². The molecule has 0 saturated carbocycles. The zero-order valence-corrected chi connectivity index (χ0v) is 14.5. The van der Waals surface area contributed by atoms with Gasteiger partial charge in [0.2, 0.25) is 0 Å². The highest BCUT2D eigenvalue weighted by molar-refractivity contribution is 7.18. The molecule has 0 radical (unpaired) electrons. The van der Waals surface area contributed by atoms with Crippen LogP contribution in [0.15, 0.2) is 4.79 Å². The van der Waals surface area contributed by atoms with Crippen LogP contribution in [0.5, 0.6) is 0 Å². The molecule has 1 saturated heterocycles. The van der Waals surface area contributed by atoms with Crippen LogP contribution in [-0.4, -0.2) is 41.2 Å². The first-order valence-electron chi connectivity index (χ1n) is 8.49. The monoisotopic (exact) mass is 333 g/mol. The van der Waals surface area contributed by atoms with E-state index < -0.39 is 0 Å². The van der Waals surface area contributed by atoms with Crippen molar-refractivity contribution in [3.63, 3.8) is 0 Å². The van der Waals surface area contributed by atoms with Crippen molar-refractivity contribution in [2.45, 2.75) is 39.2 Å². The maximum atomic E-state index is 12.7. The summed E-state index contributed by atoms with van der Waals surface area (Å²) in [4.78, 5) is 25.2. The minimum atomic E-state index is 0.0390. The molecule has 2 aliphatic rings. The molecule has 4 rings (SSSR count). The Morgan fingerprint density at radius 2 is 2.17 bits per heavy atom. The number of nitrogens with one attached hydrogen (secondary N) is 1. The second-order valence-electron chi connectivity index (χ2n) is 6.81. The van der Waals surface area contributed by atoms with E-state index in [0.717, 1.165) is 55.2 Å². The van der Waals surface area contributed by atoms with E-state index in [1.54, 1.807) is 11.3 Å². The second kappa shape index (κ2) is 6.00. The topological polar surface area (TPSA) is 58.2 Å². The summed E-state index contributed by atoms with van der Waals surface area (Å²) >= 11 is 1.72. The summed E-state index contributed by atoms with van der Waals surface area (Å²) in [5.41, 5.74) is 1.29. The Kier molecular flexibility index (Phi) is 3.99. The van der Waals surface area contributed by atoms with Crippen molar-refractivity contribution >= 4 is 21.6 Å². The van der Waals surface area contributed by atoms with E-state index in [1.165, 1.54) is 16.9 Å². The van der Waals surface area contributed by atoms with Gasteiger partial charge in [0.25, 0.3) is 5.56 Å². The first kappa shape index (κ1) is 15.3. The average molecular weight is 333 g/mol. The first-order valence-corrected chi connectivity index (χ1v) is 9.31. The molecule has 0 spiro atoms. The van der Waals surface area contributed by atoms with Crippen LogP contribution < -0.4 is 5.56 Å². The largest absolute Gasteiger partial charge is 0.379 e. The molecule has 2 aromatic rings. The van der Waals surface area contributed by atoms with Gasteiger partial charge in [0.15, 0.2) is 0 Å². The van der Waals surface area contributed by atoms with Crippen LogP contribution in [-0.2, 0) is 17.6 Å². The summed E-state index contributed by atoms with van der Waals surface area (Å²) < 4.78 is 5.41. The maximum Gasteiger partial charge on any atom is 0.259 e. The molecule has 23 heavy (non-hydrogen) atoms. The SMILES string of the molecule is C[C@@H]1CCc2c(sc3nc([C@H](C)N4CCOCC4)[nH]c(=O)c23)C1. The molecule has 0 bridgehead atoms. The number of hydrogen-bond donors (Lipinski definition) is 1. The number of ether oxygens (including phenoxy) is 1. The third kappa shape index (κ3) is 2.73. The zero-order valence-electron chi connectivity index (χ0n) is 13.7. The number of aryl methyl sites for hydroxylation is 1. The summed E-state index contributed by atoms with van der Waals surface area (Å²) in [7, 11) is 0. The molecule has 124 valence electrons. The number of aromatic nitrogens is 2. The maximum absolute atomic E-state index is 12.7. The third-order valence-electron chi connectivity index (χ3n) is 5.17. The van der Waals surface area contributed by atoms with Gasteiger partial charge in [-0.1, -0.05) is 6.92 Å². The first-order chi connectivity index (χ1) is 11.1. The van der Waals surface area contributed by atoms with Crippen molar-refractivity contribution in [1.82, 2.24) is 14.9 Å². The lowest BCUT2D eigenvalue weighted by Crippen LogP contribution is -2.39. The van der Waals surface area contributed by atoms with E-state index in [4.69, 9.17) is 9.72 Å². The second-order valence-corrected chi connectivity index (χ2v) is 7.89. The van der Waals surface area contributed by atoms with E-state index in [-0.39, 0.29) is 11.6 Å². The fourth-order valence-corrected chi connectivity index (χ4v) is 5.09. The Bertz CT molecular complexity index is 776. The standard InChI is InChI=1S/C17H23N3O2S/c1-10-3-4-12-13(9-10)23-17-14(12)16(21)18-15(19-17)11(2)20-5-7-22-8-6-20/h10-11H,3-9H2,1-2H3,(H,18,19,21)/t10-,11+/m1/s1.